The fourth-order valence-electron chi connectivity index (χ4n) is 11.5. The van der Waals surface area contributed by atoms with E-state index < -0.39 is 6.10 Å². The normalized spacial score (nSPS) is 12.2. The summed E-state index contributed by atoms with van der Waals surface area (Å²) < 4.78 is 17.0. The van der Waals surface area contributed by atoms with E-state index in [0.717, 1.165) is 64.2 Å². The molecule has 0 spiro atoms. The fourth-order valence-corrected chi connectivity index (χ4v) is 11.5. The summed E-state index contributed by atoms with van der Waals surface area (Å²) in [5, 5.41) is 0. The highest BCUT2D eigenvalue weighted by atomic mass is 16.6. The second kappa shape index (κ2) is 72.1. The summed E-state index contributed by atoms with van der Waals surface area (Å²) in [6.45, 7) is 6.71. The van der Waals surface area contributed by atoms with Crippen molar-refractivity contribution in [3.05, 3.63) is 36.5 Å². The molecule has 0 aromatic carbocycles. The molecule has 0 saturated heterocycles. The van der Waals surface area contributed by atoms with Gasteiger partial charge in [0.15, 0.2) is 6.10 Å². The van der Waals surface area contributed by atoms with Crippen LogP contribution in [-0.2, 0) is 28.6 Å². The Kier molecular flexibility index (Phi) is 70.0. The summed E-state index contributed by atoms with van der Waals surface area (Å²) in [6.07, 6.45) is 90.5. The van der Waals surface area contributed by atoms with Gasteiger partial charge >= 0.3 is 17.9 Å². The Morgan fingerprint density at radius 1 is 0.241 bits per heavy atom. The standard InChI is InChI=1S/C77H144O6/c1-4-7-10-13-16-19-22-25-27-29-31-33-35-36-37-38-39-40-42-43-45-47-49-52-55-58-61-64-67-70-76(79)82-73-74(72-81-75(78)69-66-63-60-57-54-51-24-21-18-15-12-9-6-3)83-77(80)71-68-65-62-59-56-53-50-48-46-44-41-34-32-30-28-26-23-20-17-14-11-8-5-2/h22,25,29-32,74H,4-21,23-24,26-28,33-73H2,1-3H3/b25-22-,31-29-,32-30-. The van der Waals surface area contributed by atoms with Crippen LogP contribution in [0.1, 0.15) is 419 Å². The molecule has 0 rings (SSSR count). The van der Waals surface area contributed by atoms with Crippen molar-refractivity contribution in [1.29, 1.82) is 0 Å². The zero-order valence-corrected chi connectivity index (χ0v) is 56.2. The molecule has 0 N–H and O–H groups in total. The first-order valence-corrected chi connectivity index (χ1v) is 37.5. The van der Waals surface area contributed by atoms with Crippen LogP contribution >= 0.6 is 0 Å². The summed E-state index contributed by atoms with van der Waals surface area (Å²) in [4.78, 5) is 38.5. The molecule has 0 aliphatic heterocycles. The highest BCUT2D eigenvalue weighted by molar-refractivity contribution is 5.71. The van der Waals surface area contributed by atoms with Crippen LogP contribution in [0.25, 0.3) is 0 Å². The number of carbonyl (C=O) groups excluding carboxylic acids is 3. The van der Waals surface area contributed by atoms with Gasteiger partial charge in [-0.3, -0.25) is 14.4 Å². The van der Waals surface area contributed by atoms with Crippen LogP contribution in [-0.4, -0.2) is 37.2 Å². The molecule has 0 fully saturated rings. The minimum Gasteiger partial charge on any atom is -0.462 e. The molecule has 1 unspecified atom stereocenters. The van der Waals surface area contributed by atoms with Crippen LogP contribution in [0.5, 0.6) is 0 Å². The van der Waals surface area contributed by atoms with E-state index in [1.807, 2.05) is 0 Å². The van der Waals surface area contributed by atoms with E-state index in [9.17, 15) is 14.4 Å². The van der Waals surface area contributed by atoms with E-state index in [1.54, 1.807) is 0 Å². The van der Waals surface area contributed by atoms with Gasteiger partial charge in [-0.2, -0.15) is 0 Å². The molecule has 6 nitrogen and oxygen atoms in total. The van der Waals surface area contributed by atoms with Gasteiger partial charge in [0.1, 0.15) is 13.2 Å². The zero-order chi connectivity index (χ0) is 59.9. The quantitative estimate of drug-likeness (QED) is 0.0261. The summed E-state index contributed by atoms with van der Waals surface area (Å²) in [5.41, 5.74) is 0. The zero-order valence-electron chi connectivity index (χ0n) is 56.2. The minimum atomic E-state index is -0.770. The number of hydrogen-bond acceptors (Lipinski definition) is 6. The number of rotatable bonds is 70. The first kappa shape index (κ1) is 80.6. The average Bonchev–Trinajstić information content (AvgIpc) is 3.49. The lowest BCUT2D eigenvalue weighted by atomic mass is 10.0. The van der Waals surface area contributed by atoms with E-state index in [1.165, 1.54) is 315 Å². The van der Waals surface area contributed by atoms with Crippen molar-refractivity contribution in [2.24, 2.45) is 0 Å². The van der Waals surface area contributed by atoms with Crippen molar-refractivity contribution in [3.8, 4) is 0 Å². The van der Waals surface area contributed by atoms with Crippen LogP contribution in [0.2, 0.25) is 0 Å². The highest BCUT2D eigenvalue weighted by Gasteiger charge is 2.20. The van der Waals surface area contributed by atoms with Gasteiger partial charge in [0, 0.05) is 19.3 Å². The number of allylic oxidation sites excluding steroid dienone is 6. The first-order valence-electron chi connectivity index (χ1n) is 37.5. The molecule has 0 aromatic rings. The summed E-state index contributed by atoms with van der Waals surface area (Å²) in [5.74, 6) is -0.834. The lowest BCUT2D eigenvalue weighted by molar-refractivity contribution is -0.167. The molecule has 0 bridgehead atoms. The molecule has 0 amide bonds. The van der Waals surface area contributed by atoms with Crippen LogP contribution in [0, 0.1) is 0 Å². The van der Waals surface area contributed by atoms with Crippen molar-refractivity contribution < 1.29 is 28.6 Å². The van der Waals surface area contributed by atoms with E-state index in [0.29, 0.717) is 19.3 Å². The van der Waals surface area contributed by atoms with Gasteiger partial charge in [-0.05, 0) is 77.0 Å². The lowest BCUT2D eigenvalue weighted by Crippen LogP contribution is -2.30. The fraction of sp³-hybridized carbons (Fsp3) is 0.883. The molecule has 83 heavy (non-hydrogen) atoms. The number of ether oxygens (including phenoxy) is 3. The minimum absolute atomic E-state index is 0.0659. The largest absolute Gasteiger partial charge is 0.462 e. The maximum absolute atomic E-state index is 13.0. The molecule has 0 saturated carbocycles. The third kappa shape index (κ3) is 70.3. The molecule has 0 aliphatic rings. The van der Waals surface area contributed by atoms with Crippen molar-refractivity contribution in [2.75, 3.05) is 13.2 Å². The maximum Gasteiger partial charge on any atom is 0.306 e. The third-order valence-corrected chi connectivity index (χ3v) is 17.1. The molecule has 1 atom stereocenters. The number of hydrogen-bond donors (Lipinski definition) is 0. The molecular formula is C77H144O6. The number of esters is 3. The van der Waals surface area contributed by atoms with E-state index in [4.69, 9.17) is 14.2 Å². The second-order valence-electron chi connectivity index (χ2n) is 25.6. The number of carbonyl (C=O) groups is 3. The molecule has 0 radical (unpaired) electrons. The second-order valence-corrected chi connectivity index (χ2v) is 25.6. The Hall–Kier alpha value is -2.37. The molecule has 0 aliphatic carbocycles. The summed E-state index contributed by atoms with van der Waals surface area (Å²) >= 11 is 0. The predicted octanol–water partition coefficient (Wildman–Crippen LogP) is 25.9. The molecule has 488 valence electrons. The SMILES string of the molecule is CCCCCCC/C=C\C/C=C\CCCCCCCCCCCCCCCCCCCC(=O)OCC(COC(=O)CCCCCCCCCCCCCCC)OC(=O)CCCCCCCCCCCCC/C=C\CCCCCCCCCC. The van der Waals surface area contributed by atoms with Crippen LogP contribution < -0.4 is 0 Å². The van der Waals surface area contributed by atoms with Crippen molar-refractivity contribution >= 4 is 17.9 Å². The average molecular weight is 1170 g/mol. The van der Waals surface area contributed by atoms with Gasteiger partial charge in [0.2, 0.25) is 0 Å². The van der Waals surface area contributed by atoms with Crippen LogP contribution in [0.15, 0.2) is 36.5 Å². The van der Waals surface area contributed by atoms with Gasteiger partial charge < -0.3 is 14.2 Å². The summed E-state index contributed by atoms with van der Waals surface area (Å²) in [7, 11) is 0. The molecule has 0 aromatic heterocycles. The van der Waals surface area contributed by atoms with Crippen LogP contribution in [0.4, 0.5) is 0 Å². The Labute approximate surface area is 518 Å². The van der Waals surface area contributed by atoms with Crippen molar-refractivity contribution in [2.45, 2.75) is 425 Å². The molecule has 6 heteroatoms. The monoisotopic (exact) mass is 1170 g/mol. The third-order valence-electron chi connectivity index (χ3n) is 17.1. The van der Waals surface area contributed by atoms with Crippen LogP contribution in [0.3, 0.4) is 0 Å². The van der Waals surface area contributed by atoms with E-state index >= 15 is 0 Å². The van der Waals surface area contributed by atoms with Gasteiger partial charge in [-0.15, -0.1) is 0 Å². The van der Waals surface area contributed by atoms with Gasteiger partial charge in [-0.25, -0.2) is 0 Å². The van der Waals surface area contributed by atoms with Crippen molar-refractivity contribution in [3.63, 3.8) is 0 Å². The smallest absolute Gasteiger partial charge is 0.306 e. The number of unbranched alkanes of at least 4 members (excludes halogenated alkanes) is 53. The Bertz CT molecular complexity index is 1380. The topological polar surface area (TPSA) is 78.9 Å². The van der Waals surface area contributed by atoms with Crippen molar-refractivity contribution in [1.82, 2.24) is 0 Å². The Morgan fingerprint density at radius 3 is 0.675 bits per heavy atom. The molecular weight excluding hydrogens is 1020 g/mol. The van der Waals surface area contributed by atoms with E-state index in [-0.39, 0.29) is 31.1 Å². The Balaban J connectivity index is 4.19. The maximum atomic E-state index is 13.0. The van der Waals surface area contributed by atoms with Gasteiger partial charge in [0.25, 0.3) is 0 Å². The highest BCUT2D eigenvalue weighted by Crippen LogP contribution is 2.19. The first-order chi connectivity index (χ1) is 41.0. The lowest BCUT2D eigenvalue weighted by Gasteiger charge is -2.18. The predicted molar refractivity (Wildman–Crippen MR) is 362 cm³/mol. The molecule has 0 heterocycles. The summed E-state index contributed by atoms with van der Waals surface area (Å²) in [6, 6.07) is 0. The van der Waals surface area contributed by atoms with Gasteiger partial charge in [0.05, 0.1) is 0 Å². The Morgan fingerprint density at radius 2 is 0.434 bits per heavy atom. The van der Waals surface area contributed by atoms with Gasteiger partial charge in [-0.1, -0.05) is 359 Å². The van der Waals surface area contributed by atoms with E-state index in [2.05, 4.69) is 57.2 Å².